The zero-order valence-electron chi connectivity index (χ0n) is 9.95. The van der Waals surface area contributed by atoms with Gasteiger partial charge >= 0.3 is 0 Å². The van der Waals surface area contributed by atoms with E-state index in [9.17, 15) is 0 Å². The lowest BCUT2D eigenvalue weighted by atomic mass is 10.2. The predicted molar refractivity (Wildman–Crippen MR) is 73.4 cm³/mol. The molecule has 0 aliphatic rings. The Balaban J connectivity index is 1.91. The molecule has 0 saturated heterocycles. The fourth-order valence-electron chi connectivity index (χ4n) is 1.69. The van der Waals surface area contributed by atoms with Crippen molar-refractivity contribution in [1.82, 2.24) is 19.8 Å². The zero-order valence-corrected chi connectivity index (χ0v) is 10.8. The predicted octanol–water partition coefficient (Wildman–Crippen LogP) is 2.92. The number of nitrogens with zero attached hydrogens (tertiary/aromatic N) is 4. The van der Waals surface area contributed by atoms with E-state index in [4.69, 9.17) is 0 Å². The molecule has 0 fully saturated rings. The number of hydrogen-bond donors (Lipinski definition) is 0. The minimum Gasteiger partial charge on any atom is -0.187 e. The Kier molecular flexibility index (Phi) is 2.90. The van der Waals surface area contributed by atoms with Crippen LogP contribution < -0.4 is 0 Å². The van der Waals surface area contributed by atoms with E-state index in [2.05, 4.69) is 40.4 Å². The molecule has 5 heteroatoms. The van der Waals surface area contributed by atoms with Gasteiger partial charge in [-0.1, -0.05) is 54.7 Å². The van der Waals surface area contributed by atoms with Crippen LogP contribution in [0.3, 0.4) is 0 Å². The molecule has 0 saturated carbocycles. The summed E-state index contributed by atoms with van der Waals surface area (Å²) in [6.07, 6.45) is 4.90. The van der Waals surface area contributed by atoms with Crippen molar-refractivity contribution in [1.29, 1.82) is 0 Å². The molecule has 0 aliphatic carbocycles. The van der Waals surface area contributed by atoms with Crippen LogP contribution in [-0.4, -0.2) is 19.8 Å². The summed E-state index contributed by atoms with van der Waals surface area (Å²) in [6, 6.07) is 10.2. The average molecular weight is 256 g/mol. The fraction of sp³-hybridized carbons (Fsp3) is 0.154. The first-order valence-electron chi connectivity index (χ1n) is 5.81. The highest BCUT2D eigenvalue weighted by atomic mass is 32.1. The summed E-state index contributed by atoms with van der Waals surface area (Å²) in [6.45, 7) is 2.05. The first-order chi connectivity index (χ1) is 8.86. The Morgan fingerprint density at radius 3 is 2.78 bits per heavy atom. The normalized spacial score (nSPS) is 11.6. The monoisotopic (exact) mass is 256 g/mol. The Bertz CT molecular complexity index is 681. The van der Waals surface area contributed by atoms with Gasteiger partial charge in [-0.25, -0.2) is 0 Å². The van der Waals surface area contributed by atoms with Gasteiger partial charge in [0.2, 0.25) is 4.96 Å². The summed E-state index contributed by atoms with van der Waals surface area (Å²) in [4.78, 5) is 0.847. The van der Waals surface area contributed by atoms with Crippen LogP contribution in [0.2, 0.25) is 0 Å². The number of aryl methyl sites for hydroxylation is 1. The number of benzene rings is 1. The van der Waals surface area contributed by atoms with Crippen LogP contribution in [0, 0.1) is 0 Å². The van der Waals surface area contributed by atoms with Gasteiger partial charge in [0.25, 0.3) is 0 Å². The Morgan fingerprint density at radius 2 is 2.00 bits per heavy atom. The largest absolute Gasteiger partial charge is 0.234 e. The van der Waals surface area contributed by atoms with Crippen molar-refractivity contribution in [2.45, 2.75) is 13.3 Å². The molecule has 1 aromatic carbocycles. The van der Waals surface area contributed by atoms with Crippen LogP contribution in [0.25, 0.3) is 17.1 Å². The van der Waals surface area contributed by atoms with Crippen LogP contribution in [0.4, 0.5) is 0 Å². The quantitative estimate of drug-likeness (QED) is 0.723. The lowest BCUT2D eigenvalue weighted by Crippen LogP contribution is -1.92. The number of hydrogen-bond acceptors (Lipinski definition) is 4. The first kappa shape index (κ1) is 11.1. The SMILES string of the molecule is CCc1nnc2sc(/C=C/c3ccccc3)nn12. The Hall–Kier alpha value is -2.01. The first-order valence-corrected chi connectivity index (χ1v) is 6.62. The summed E-state index contributed by atoms with van der Waals surface area (Å²) in [7, 11) is 0. The molecule has 0 radical (unpaired) electrons. The second-order valence-corrected chi connectivity index (χ2v) is 4.84. The van der Waals surface area contributed by atoms with Crippen molar-refractivity contribution >= 4 is 28.4 Å². The van der Waals surface area contributed by atoms with Crippen LogP contribution in [-0.2, 0) is 6.42 Å². The minimum absolute atomic E-state index is 0.840. The van der Waals surface area contributed by atoms with E-state index < -0.39 is 0 Å². The third-order valence-electron chi connectivity index (χ3n) is 2.61. The number of rotatable bonds is 3. The summed E-state index contributed by atoms with van der Waals surface area (Å²) >= 11 is 1.54. The molecule has 4 nitrogen and oxygen atoms in total. The Morgan fingerprint density at radius 1 is 1.17 bits per heavy atom. The molecular formula is C13H12N4S. The van der Waals surface area contributed by atoms with Gasteiger partial charge in [0.15, 0.2) is 5.82 Å². The van der Waals surface area contributed by atoms with Crippen LogP contribution in [0.5, 0.6) is 0 Å². The number of fused-ring (bicyclic) bond motifs is 1. The molecule has 0 unspecified atom stereocenters. The molecule has 0 N–H and O–H groups in total. The third kappa shape index (κ3) is 2.04. The molecule has 0 atom stereocenters. The van der Waals surface area contributed by atoms with Gasteiger partial charge in [-0.2, -0.15) is 9.61 Å². The van der Waals surface area contributed by atoms with E-state index in [1.165, 1.54) is 5.56 Å². The summed E-state index contributed by atoms with van der Waals surface area (Å²) in [5.41, 5.74) is 1.17. The lowest BCUT2D eigenvalue weighted by molar-refractivity contribution is 0.833. The molecule has 18 heavy (non-hydrogen) atoms. The maximum Gasteiger partial charge on any atom is 0.234 e. The van der Waals surface area contributed by atoms with Gasteiger partial charge in [-0.3, -0.25) is 0 Å². The minimum atomic E-state index is 0.840. The number of aromatic nitrogens is 4. The Labute approximate surface area is 109 Å². The molecule has 3 rings (SSSR count). The van der Waals surface area contributed by atoms with E-state index in [1.807, 2.05) is 28.8 Å². The third-order valence-corrected chi connectivity index (χ3v) is 3.47. The van der Waals surface area contributed by atoms with Gasteiger partial charge < -0.3 is 0 Å². The molecule has 2 heterocycles. The van der Waals surface area contributed by atoms with Crippen molar-refractivity contribution in [3.05, 3.63) is 46.7 Å². The molecule has 2 aromatic heterocycles. The second-order valence-electron chi connectivity index (χ2n) is 3.85. The lowest BCUT2D eigenvalue weighted by Gasteiger charge is -1.89. The van der Waals surface area contributed by atoms with Crippen LogP contribution in [0.1, 0.15) is 23.3 Å². The van der Waals surface area contributed by atoms with Gasteiger partial charge in [0.1, 0.15) is 5.01 Å². The summed E-state index contributed by atoms with van der Waals surface area (Å²) in [5.74, 6) is 0.903. The fourth-order valence-corrected chi connectivity index (χ4v) is 2.45. The zero-order chi connectivity index (χ0) is 12.4. The van der Waals surface area contributed by atoms with E-state index in [0.29, 0.717) is 0 Å². The topological polar surface area (TPSA) is 43.1 Å². The molecular weight excluding hydrogens is 244 g/mol. The maximum atomic E-state index is 4.48. The highest BCUT2D eigenvalue weighted by molar-refractivity contribution is 7.17. The van der Waals surface area contributed by atoms with E-state index in [1.54, 1.807) is 11.3 Å². The van der Waals surface area contributed by atoms with Gasteiger partial charge in [0, 0.05) is 6.42 Å². The van der Waals surface area contributed by atoms with E-state index in [0.717, 1.165) is 22.2 Å². The van der Waals surface area contributed by atoms with Crippen molar-refractivity contribution in [2.75, 3.05) is 0 Å². The second kappa shape index (κ2) is 4.70. The van der Waals surface area contributed by atoms with Crippen LogP contribution in [0.15, 0.2) is 30.3 Å². The van der Waals surface area contributed by atoms with Gasteiger partial charge in [-0.15, -0.1) is 10.2 Å². The van der Waals surface area contributed by atoms with E-state index in [-0.39, 0.29) is 0 Å². The molecule has 90 valence electrons. The highest BCUT2D eigenvalue weighted by Gasteiger charge is 2.07. The maximum absolute atomic E-state index is 4.48. The standard InChI is InChI=1S/C13H12N4S/c1-2-11-14-15-13-17(11)16-12(18-13)9-8-10-6-4-3-5-7-10/h3-9H,2H2,1H3/b9-8+. The summed E-state index contributed by atoms with van der Waals surface area (Å²) in [5, 5.41) is 13.6. The van der Waals surface area contributed by atoms with Crippen LogP contribution >= 0.6 is 11.3 Å². The van der Waals surface area contributed by atoms with Gasteiger partial charge in [-0.05, 0) is 11.6 Å². The highest BCUT2D eigenvalue weighted by Crippen LogP contribution is 2.16. The van der Waals surface area contributed by atoms with Crippen molar-refractivity contribution in [2.24, 2.45) is 0 Å². The molecule has 3 aromatic rings. The smallest absolute Gasteiger partial charge is 0.187 e. The van der Waals surface area contributed by atoms with Gasteiger partial charge in [0.05, 0.1) is 0 Å². The van der Waals surface area contributed by atoms with E-state index >= 15 is 0 Å². The van der Waals surface area contributed by atoms with Crippen molar-refractivity contribution in [3.8, 4) is 0 Å². The molecule has 0 amide bonds. The average Bonchev–Trinajstić information content (AvgIpc) is 2.97. The summed E-state index contributed by atoms with van der Waals surface area (Å²) < 4.78 is 1.81. The van der Waals surface area contributed by atoms with Crippen molar-refractivity contribution in [3.63, 3.8) is 0 Å². The molecule has 0 bridgehead atoms. The van der Waals surface area contributed by atoms with Crippen molar-refractivity contribution < 1.29 is 0 Å². The molecule has 0 aliphatic heterocycles. The molecule has 0 spiro atoms.